The van der Waals surface area contributed by atoms with Crippen LogP contribution in [-0.2, 0) is 0 Å². The van der Waals surface area contributed by atoms with Gasteiger partial charge < -0.3 is 15.1 Å². The summed E-state index contributed by atoms with van der Waals surface area (Å²) in [5.41, 5.74) is 2.63. The second-order valence-electron chi connectivity index (χ2n) is 6.39. The van der Waals surface area contributed by atoms with Crippen molar-refractivity contribution in [3.8, 4) is 0 Å². The van der Waals surface area contributed by atoms with Crippen LogP contribution in [0.2, 0.25) is 0 Å². The summed E-state index contributed by atoms with van der Waals surface area (Å²) < 4.78 is 0. The van der Waals surface area contributed by atoms with Gasteiger partial charge in [-0.2, -0.15) is 0 Å². The van der Waals surface area contributed by atoms with Crippen LogP contribution in [0.5, 0.6) is 0 Å². The smallest absolute Gasteiger partial charge is 0.0412 e. The fourth-order valence-corrected chi connectivity index (χ4v) is 2.90. The van der Waals surface area contributed by atoms with E-state index in [-0.39, 0.29) is 0 Å². The molecule has 1 aromatic rings. The van der Waals surface area contributed by atoms with Crippen LogP contribution in [0.15, 0.2) is 24.3 Å². The van der Waals surface area contributed by atoms with Gasteiger partial charge in [0.05, 0.1) is 0 Å². The first-order chi connectivity index (χ1) is 9.52. The zero-order valence-corrected chi connectivity index (χ0v) is 13.6. The van der Waals surface area contributed by atoms with Crippen LogP contribution in [0.3, 0.4) is 0 Å². The molecule has 1 fully saturated rings. The van der Waals surface area contributed by atoms with Crippen molar-refractivity contribution >= 4 is 11.4 Å². The van der Waals surface area contributed by atoms with E-state index in [1.807, 2.05) is 0 Å². The van der Waals surface area contributed by atoms with Crippen molar-refractivity contribution in [1.29, 1.82) is 0 Å². The predicted molar refractivity (Wildman–Crippen MR) is 88.8 cm³/mol. The Bertz CT molecular complexity index is 428. The summed E-state index contributed by atoms with van der Waals surface area (Å²) in [5.74, 6) is 0.673. The lowest BCUT2D eigenvalue weighted by Gasteiger charge is -2.43. The summed E-state index contributed by atoms with van der Waals surface area (Å²) in [6.45, 7) is 9.08. The molecule has 0 amide bonds. The van der Waals surface area contributed by atoms with Crippen LogP contribution >= 0.6 is 0 Å². The van der Waals surface area contributed by atoms with Crippen molar-refractivity contribution in [3.05, 3.63) is 24.3 Å². The van der Waals surface area contributed by atoms with Gasteiger partial charge in [-0.15, -0.1) is 0 Å². The average Bonchev–Trinajstić information content (AvgIpc) is 2.46. The third-order valence-corrected chi connectivity index (χ3v) is 4.40. The molecule has 0 spiro atoms. The first kappa shape index (κ1) is 15.2. The molecule has 2 rings (SSSR count). The Kier molecular flexibility index (Phi) is 4.92. The number of rotatable bonds is 4. The number of hydrogen-bond acceptors (Lipinski definition) is 3. The Morgan fingerprint density at radius 1 is 1.35 bits per heavy atom. The Labute approximate surface area is 124 Å². The molecule has 20 heavy (non-hydrogen) atoms. The Morgan fingerprint density at radius 3 is 2.70 bits per heavy atom. The zero-order valence-electron chi connectivity index (χ0n) is 13.6. The average molecular weight is 275 g/mol. The minimum absolute atomic E-state index is 0.584. The minimum Gasteiger partial charge on any atom is -0.378 e. The molecule has 1 saturated heterocycles. The lowest BCUT2D eigenvalue weighted by atomic mass is 9.97. The van der Waals surface area contributed by atoms with Crippen molar-refractivity contribution in [2.75, 3.05) is 37.0 Å². The molecule has 2 unspecified atom stereocenters. The van der Waals surface area contributed by atoms with Crippen molar-refractivity contribution in [2.24, 2.45) is 5.92 Å². The number of anilines is 2. The largest absolute Gasteiger partial charge is 0.378 e. The van der Waals surface area contributed by atoms with Gasteiger partial charge in [0.25, 0.3) is 0 Å². The zero-order chi connectivity index (χ0) is 14.7. The van der Waals surface area contributed by atoms with Crippen LogP contribution < -0.4 is 15.1 Å². The molecule has 0 saturated carbocycles. The molecule has 112 valence electrons. The Morgan fingerprint density at radius 2 is 2.10 bits per heavy atom. The van der Waals surface area contributed by atoms with E-state index in [9.17, 15) is 0 Å². The maximum absolute atomic E-state index is 3.70. The normalized spacial score (nSPS) is 23.2. The maximum Gasteiger partial charge on any atom is 0.0412 e. The Balaban J connectivity index is 2.24. The van der Waals surface area contributed by atoms with Gasteiger partial charge in [0.1, 0.15) is 0 Å². The highest BCUT2D eigenvalue weighted by molar-refractivity contribution is 5.59. The van der Waals surface area contributed by atoms with Gasteiger partial charge in [-0.1, -0.05) is 26.8 Å². The topological polar surface area (TPSA) is 18.5 Å². The molecule has 1 aliphatic rings. The van der Waals surface area contributed by atoms with E-state index in [0.717, 1.165) is 13.1 Å². The highest BCUT2D eigenvalue weighted by Gasteiger charge is 2.28. The first-order valence-corrected chi connectivity index (χ1v) is 7.80. The molecule has 0 radical (unpaired) electrons. The van der Waals surface area contributed by atoms with Crippen LogP contribution in [0.1, 0.15) is 27.2 Å². The monoisotopic (exact) mass is 275 g/mol. The predicted octanol–water partition coefficient (Wildman–Crippen LogP) is 2.97. The number of hydrogen-bond donors (Lipinski definition) is 1. The summed E-state index contributed by atoms with van der Waals surface area (Å²) >= 11 is 0. The quantitative estimate of drug-likeness (QED) is 0.911. The molecule has 3 heteroatoms. The summed E-state index contributed by atoms with van der Waals surface area (Å²) in [6, 6.07) is 10.1. The summed E-state index contributed by atoms with van der Waals surface area (Å²) in [5, 5.41) is 3.70. The fourth-order valence-electron chi connectivity index (χ4n) is 2.90. The van der Waals surface area contributed by atoms with Gasteiger partial charge in [0.2, 0.25) is 0 Å². The van der Waals surface area contributed by atoms with E-state index in [1.165, 1.54) is 17.8 Å². The summed E-state index contributed by atoms with van der Waals surface area (Å²) in [4.78, 5) is 4.76. The molecule has 0 aliphatic carbocycles. The second kappa shape index (κ2) is 6.49. The third-order valence-electron chi connectivity index (χ3n) is 4.40. The lowest BCUT2D eigenvalue weighted by molar-refractivity contribution is 0.325. The molecule has 1 N–H and O–H groups in total. The van der Waals surface area contributed by atoms with Gasteiger partial charge in [-0.05, 0) is 30.5 Å². The van der Waals surface area contributed by atoms with Gasteiger partial charge >= 0.3 is 0 Å². The van der Waals surface area contributed by atoms with Crippen LogP contribution in [0.25, 0.3) is 0 Å². The van der Waals surface area contributed by atoms with E-state index >= 15 is 0 Å². The van der Waals surface area contributed by atoms with Crippen molar-refractivity contribution in [1.82, 2.24) is 5.32 Å². The molecule has 1 heterocycles. The molecule has 1 aliphatic heterocycles. The third kappa shape index (κ3) is 3.26. The SMILES string of the molecule is CCC1CNC(C(C)C)CN1c1cccc(N(C)C)c1. The van der Waals surface area contributed by atoms with Crippen molar-refractivity contribution in [2.45, 2.75) is 39.3 Å². The molecule has 1 aromatic carbocycles. The van der Waals surface area contributed by atoms with Gasteiger partial charge in [-0.25, -0.2) is 0 Å². The van der Waals surface area contributed by atoms with E-state index in [1.54, 1.807) is 0 Å². The molecule has 2 atom stereocenters. The lowest BCUT2D eigenvalue weighted by Crippen LogP contribution is -2.58. The summed E-state index contributed by atoms with van der Waals surface area (Å²) in [7, 11) is 4.20. The molecule has 3 nitrogen and oxygen atoms in total. The number of nitrogens with one attached hydrogen (secondary N) is 1. The van der Waals surface area contributed by atoms with Crippen molar-refractivity contribution in [3.63, 3.8) is 0 Å². The first-order valence-electron chi connectivity index (χ1n) is 7.80. The Hall–Kier alpha value is -1.22. The standard InChI is InChI=1S/C17H29N3/c1-6-14-11-18-17(13(2)3)12-20(14)16-9-7-8-15(10-16)19(4)5/h7-10,13-14,17-18H,6,11-12H2,1-5H3. The molecular formula is C17H29N3. The van der Waals surface area contributed by atoms with Crippen LogP contribution in [0.4, 0.5) is 11.4 Å². The number of benzene rings is 1. The highest BCUT2D eigenvalue weighted by atomic mass is 15.2. The molecule has 0 bridgehead atoms. The van der Waals surface area contributed by atoms with Crippen LogP contribution in [-0.4, -0.2) is 39.3 Å². The van der Waals surface area contributed by atoms with Gasteiger partial charge in [0, 0.05) is 50.6 Å². The van der Waals surface area contributed by atoms with Gasteiger partial charge in [-0.3, -0.25) is 0 Å². The minimum atomic E-state index is 0.584. The number of nitrogens with zero attached hydrogens (tertiary/aromatic N) is 2. The van der Waals surface area contributed by atoms with E-state index in [0.29, 0.717) is 18.0 Å². The molecule has 0 aromatic heterocycles. The molecular weight excluding hydrogens is 246 g/mol. The summed E-state index contributed by atoms with van der Waals surface area (Å²) in [6.07, 6.45) is 1.18. The second-order valence-corrected chi connectivity index (χ2v) is 6.39. The van der Waals surface area contributed by atoms with E-state index in [4.69, 9.17) is 0 Å². The van der Waals surface area contributed by atoms with E-state index < -0.39 is 0 Å². The maximum atomic E-state index is 3.70. The highest BCUT2D eigenvalue weighted by Crippen LogP contribution is 2.26. The number of piperazine rings is 1. The van der Waals surface area contributed by atoms with Gasteiger partial charge in [0.15, 0.2) is 0 Å². The fraction of sp³-hybridized carbons (Fsp3) is 0.647. The van der Waals surface area contributed by atoms with Crippen LogP contribution in [0, 0.1) is 5.92 Å². The van der Waals surface area contributed by atoms with Crippen molar-refractivity contribution < 1.29 is 0 Å². The van der Waals surface area contributed by atoms with E-state index in [2.05, 4.69) is 74.2 Å².